The van der Waals surface area contributed by atoms with E-state index in [4.69, 9.17) is 11.6 Å². The molecule has 2 aromatic rings. The third-order valence-corrected chi connectivity index (χ3v) is 4.67. The number of amides is 1. The van der Waals surface area contributed by atoms with Crippen molar-refractivity contribution >= 4 is 17.5 Å². The Morgan fingerprint density at radius 2 is 2.09 bits per heavy atom. The number of nitrogens with zero attached hydrogens (tertiary/aromatic N) is 2. The predicted molar refractivity (Wildman–Crippen MR) is 92.8 cm³/mol. The highest BCUT2D eigenvalue weighted by atomic mass is 35.5. The van der Waals surface area contributed by atoms with E-state index in [2.05, 4.69) is 36.2 Å². The van der Waals surface area contributed by atoms with Gasteiger partial charge in [0.15, 0.2) is 0 Å². The molecule has 0 spiro atoms. The molecule has 1 aromatic heterocycles. The molecule has 0 aliphatic heterocycles. The van der Waals surface area contributed by atoms with Gasteiger partial charge in [0.05, 0.1) is 0 Å². The van der Waals surface area contributed by atoms with Gasteiger partial charge >= 0.3 is 0 Å². The molecule has 1 aromatic carbocycles. The Morgan fingerprint density at radius 3 is 2.83 bits per heavy atom. The maximum Gasteiger partial charge on any atom is 0.254 e. The molecule has 0 saturated heterocycles. The molecule has 0 saturated carbocycles. The minimum atomic E-state index is 0.0560. The maximum absolute atomic E-state index is 12.9. The fraction of sp³-hybridized carbons (Fsp3) is 0.368. The van der Waals surface area contributed by atoms with Crippen molar-refractivity contribution in [2.24, 2.45) is 0 Å². The number of aromatic nitrogens is 1. The van der Waals surface area contributed by atoms with Crippen LogP contribution in [0.5, 0.6) is 0 Å². The molecule has 0 bridgehead atoms. The summed E-state index contributed by atoms with van der Waals surface area (Å²) in [5, 5.41) is 0.362. The van der Waals surface area contributed by atoms with Crippen LogP contribution < -0.4 is 0 Å². The van der Waals surface area contributed by atoms with E-state index in [1.54, 1.807) is 18.3 Å². The van der Waals surface area contributed by atoms with Gasteiger partial charge in [0.2, 0.25) is 0 Å². The highest BCUT2D eigenvalue weighted by molar-refractivity contribution is 6.29. The zero-order chi connectivity index (χ0) is 16.2. The van der Waals surface area contributed by atoms with Gasteiger partial charge in [-0.25, -0.2) is 4.98 Å². The van der Waals surface area contributed by atoms with Crippen molar-refractivity contribution in [1.29, 1.82) is 0 Å². The average molecular weight is 329 g/mol. The topological polar surface area (TPSA) is 33.2 Å². The summed E-state index contributed by atoms with van der Waals surface area (Å²) in [6, 6.07) is 12.2. The van der Waals surface area contributed by atoms with Crippen molar-refractivity contribution in [2.45, 2.75) is 38.6 Å². The molecular weight excluding hydrogens is 308 g/mol. The van der Waals surface area contributed by atoms with Crippen LogP contribution in [0.3, 0.4) is 0 Å². The SMILES string of the molecule is CCCN(C(=O)c1ccnc(Cl)c1)C1CCc2ccccc2C1. The molecule has 1 heterocycles. The van der Waals surface area contributed by atoms with Crippen LogP contribution in [0.1, 0.15) is 41.3 Å². The van der Waals surface area contributed by atoms with Crippen molar-refractivity contribution in [3.05, 3.63) is 64.4 Å². The molecule has 3 nitrogen and oxygen atoms in total. The van der Waals surface area contributed by atoms with E-state index in [-0.39, 0.29) is 11.9 Å². The lowest BCUT2D eigenvalue weighted by Crippen LogP contribution is -2.43. The third kappa shape index (κ3) is 3.56. The molecule has 0 fully saturated rings. The fourth-order valence-corrected chi connectivity index (χ4v) is 3.51. The maximum atomic E-state index is 12.9. The molecule has 4 heteroatoms. The third-order valence-electron chi connectivity index (χ3n) is 4.46. The Balaban J connectivity index is 1.83. The van der Waals surface area contributed by atoms with Crippen LogP contribution in [0.4, 0.5) is 0 Å². The van der Waals surface area contributed by atoms with Crippen LogP contribution in [-0.2, 0) is 12.8 Å². The summed E-state index contributed by atoms with van der Waals surface area (Å²) in [4.78, 5) is 18.9. The van der Waals surface area contributed by atoms with Crippen molar-refractivity contribution in [2.75, 3.05) is 6.54 Å². The van der Waals surface area contributed by atoms with E-state index in [1.165, 1.54) is 11.1 Å². The highest BCUT2D eigenvalue weighted by Crippen LogP contribution is 2.26. The van der Waals surface area contributed by atoms with Crippen molar-refractivity contribution < 1.29 is 4.79 Å². The van der Waals surface area contributed by atoms with E-state index in [0.717, 1.165) is 32.2 Å². The van der Waals surface area contributed by atoms with E-state index >= 15 is 0 Å². The average Bonchev–Trinajstić information content (AvgIpc) is 2.58. The summed E-state index contributed by atoms with van der Waals surface area (Å²) >= 11 is 5.94. The van der Waals surface area contributed by atoms with Gasteiger partial charge in [-0.15, -0.1) is 0 Å². The van der Waals surface area contributed by atoms with Crippen LogP contribution in [0.25, 0.3) is 0 Å². The number of benzene rings is 1. The second kappa shape index (κ2) is 7.14. The number of hydrogen-bond donors (Lipinski definition) is 0. The monoisotopic (exact) mass is 328 g/mol. The van der Waals surface area contributed by atoms with Crippen LogP contribution in [-0.4, -0.2) is 28.4 Å². The van der Waals surface area contributed by atoms with Gasteiger partial charge in [0.25, 0.3) is 5.91 Å². The van der Waals surface area contributed by atoms with Crippen LogP contribution in [0.2, 0.25) is 5.15 Å². The number of fused-ring (bicyclic) bond motifs is 1. The second-order valence-corrected chi connectivity index (χ2v) is 6.42. The largest absolute Gasteiger partial charge is 0.335 e. The smallest absolute Gasteiger partial charge is 0.254 e. The van der Waals surface area contributed by atoms with Crippen LogP contribution in [0, 0.1) is 0 Å². The molecular formula is C19H21ClN2O. The molecule has 1 unspecified atom stereocenters. The Kier molecular flexibility index (Phi) is 4.97. The molecule has 1 aliphatic carbocycles. The standard InChI is InChI=1S/C19H21ClN2O/c1-2-11-22(19(23)16-9-10-21-18(20)13-16)17-8-7-14-5-3-4-6-15(14)12-17/h3-6,9-10,13,17H,2,7-8,11-12H2,1H3. The summed E-state index contributed by atoms with van der Waals surface area (Å²) in [7, 11) is 0. The van der Waals surface area contributed by atoms with Crippen molar-refractivity contribution in [1.82, 2.24) is 9.88 Å². The zero-order valence-corrected chi connectivity index (χ0v) is 14.1. The summed E-state index contributed by atoms with van der Waals surface area (Å²) in [6.07, 6.45) is 5.52. The van der Waals surface area contributed by atoms with E-state index < -0.39 is 0 Å². The Hall–Kier alpha value is -1.87. The van der Waals surface area contributed by atoms with Crippen molar-refractivity contribution in [3.63, 3.8) is 0 Å². The molecule has 3 rings (SSSR count). The quantitative estimate of drug-likeness (QED) is 0.790. The van der Waals surface area contributed by atoms with E-state index in [0.29, 0.717) is 10.7 Å². The lowest BCUT2D eigenvalue weighted by molar-refractivity contribution is 0.0661. The lowest BCUT2D eigenvalue weighted by Gasteiger charge is -2.35. The number of carbonyl (C=O) groups is 1. The van der Waals surface area contributed by atoms with Gasteiger partial charge in [-0.2, -0.15) is 0 Å². The zero-order valence-electron chi connectivity index (χ0n) is 13.3. The normalized spacial score (nSPS) is 16.7. The number of halogens is 1. The van der Waals surface area contributed by atoms with Gasteiger partial charge in [0.1, 0.15) is 5.15 Å². The first-order chi connectivity index (χ1) is 11.2. The minimum Gasteiger partial charge on any atom is -0.335 e. The number of aryl methyl sites for hydroxylation is 1. The Bertz CT molecular complexity index is 701. The number of carbonyl (C=O) groups excluding carboxylic acids is 1. The highest BCUT2D eigenvalue weighted by Gasteiger charge is 2.27. The number of rotatable bonds is 4. The van der Waals surface area contributed by atoms with Gasteiger partial charge in [-0.05, 0) is 48.9 Å². The Morgan fingerprint density at radius 1 is 1.30 bits per heavy atom. The summed E-state index contributed by atoms with van der Waals surface area (Å²) in [5.74, 6) is 0.0560. The van der Waals surface area contributed by atoms with E-state index in [9.17, 15) is 4.79 Å². The van der Waals surface area contributed by atoms with Gasteiger partial charge in [-0.3, -0.25) is 4.79 Å². The molecule has 120 valence electrons. The fourth-order valence-electron chi connectivity index (χ4n) is 3.34. The van der Waals surface area contributed by atoms with Crippen LogP contribution in [0.15, 0.2) is 42.6 Å². The second-order valence-electron chi connectivity index (χ2n) is 6.03. The summed E-state index contributed by atoms with van der Waals surface area (Å²) in [6.45, 7) is 2.88. The first-order valence-corrected chi connectivity index (χ1v) is 8.56. The molecule has 1 amide bonds. The number of hydrogen-bond acceptors (Lipinski definition) is 2. The van der Waals surface area contributed by atoms with E-state index in [1.807, 2.05) is 4.90 Å². The lowest BCUT2D eigenvalue weighted by atomic mass is 9.87. The summed E-state index contributed by atoms with van der Waals surface area (Å²) < 4.78 is 0. The molecule has 0 radical (unpaired) electrons. The number of pyridine rings is 1. The summed E-state index contributed by atoms with van der Waals surface area (Å²) in [5.41, 5.74) is 3.40. The molecule has 1 atom stereocenters. The first kappa shape index (κ1) is 16.0. The minimum absolute atomic E-state index is 0.0560. The molecule has 1 aliphatic rings. The van der Waals surface area contributed by atoms with Crippen LogP contribution >= 0.6 is 11.6 Å². The Labute approximate surface area is 142 Å². The van der Waals surface area contributed by atoms with Crippen molar-refractivity contribution in [3.8, 4) is 0 Å². The van der Waals surface area contributed by atoms with Gasteiger partial charge in [0, 0.05) is 24.3 Å². The first-order valence-electron chi connectivity index (χ1n) is 8.18. The van der Waals surface area contributed by atoms with Gasteiger partial charge < -0.3 is 4.90 Å². The van der Waals surface area contributed by atoms with Gasteiger partial charge in [-0.1, -0.05) is 42.8 Å². The predicted octanol–water partition coefficient (Wildman–Crippen LogP) is 4.14. The molecule has 23 heavy (non-hydrogen) atoms. The molecule has 0 N–H and O–H groups in total.